The molecule has 5 rings (SSSR count). The van der Waals surface area contributed by atoms with Crippen molar-refractivity contribution >= 4 is 0 Å². The lowest BCUT2D eigenvalue weighted by atomic mass is 9.89. The Balaban J connectivity index is 1.51. The zero-order chi connectivity index (χ0) is 38.4. The number of aliphatic hydroxyl groups excluding tert-OH is 7. The summed E-state index contributed by atoms with van der Waals surface area (Å²) in [5.74, 6) is 0.621. The Morgan fingerprint density at radius 2 is 1.47 bits per heavy atom. The number of hydrogen-bond acceptors (Lipinski definition) is 16. The fraction of sp³-hybridized carbons (Fsp3) is 0.514. The highest BCUT2D eigenvalue weighted by molar-refractivity contribution is 5.59. The monoisotopic (exact) mass is 748 g/mol. The molecule has 3 aromatic rings. The van der Waals surface area contributed by atoms with Gasteiger partial charge < -0.3 is 78.7 Å². The summed E-state index contributed by atoms with van der Waals surface area (Å²) in [4.78, 5) is 0. The second-order valence-corrected chi connectivity index (χ2v) is 12.7. The summed E-state index contributed by atoms with van der Waals surface area (Å²) < 4.78 is 46.6. The highest BCUT2D eigenvalue weighted by Gasteiger charge is 2.46. The molecule has 0 amide bonds. The quantitative estimate of drug-likeness (QED) is 0.0956. The first-order valence-electron chi connectivity index (χ1n) is 17.0. The molecular weight excluding hydrogens is 700 g/mol. The molecule has 0 bridgehead atoms. The van der Waals surface area contributed by atoms with E-state index in [0.717, 1.165) is 5.56 Å². The van der Waals surface area contributed by atoms with Gasteiger partial charge in [-0.3, -0.25) is 0 Å². The summed E-state index contributed by atoms with van der Waals surface area (Å²) in [6, 6.07) is 11.2. The van der Waals surface area contributed by atoms with Crippen molar-refractivity contribution in [3.8, 4) is 40.2 Å². The van der Waals surface area contributed by atoms with Gasteiger partial charge in [-0.25, -0.2) is 0 Å². The fourth-order valence-electron chi connectivity index (χ4n) is 6.54. The summed E-state index contributed by atoms with van der Waals surface area (Å²) in [5.41, 5.74) is 2.36. The van der Waals surface area contributed by atoms with Gasteiger partial charge in [-0.1, -0.05) is 12.1 Å². The summed E-state index contributed by atoms with van der Waals surface area (Å²) in [6.45, 7) is -1.41. The van der Waals surface area contributed by atoms with Crippen LogP contribution < -0.4 is 28.4 Å². The van der Waals surface area contributed by atoms with E-state index in [9.17, 15) is 40.9 Å². The number of aliphatic hydroxyl groups is 7. The van der Waals surface area contributed by atoms with Gasteiger partial charge in [-0.05, 0) is 54.3 Å². The molecule has 9 atom stereocenters. The van der Waals surface area contributed by atoms with Crippen LogP contribution in [0.4, 0.5) is 0 Å². The zero-order valence-corrected chi connectivity index (χ0v) is 29.8. The van der Waals surface area contributed by atoms with Gasteiger partial charge in [0.2, 0.25) is 5.75 Å². The topological polar surface area (TPSA) is 236 Å². The third-order valence-electron chi connectivity index (χ3n) is 9.44. The van der Waals surface area contributed by atoms with Gasteiger partial charge in [0.25, 0.3) is 0 Å². The average molecular weight is 749 g/mol. The minimum atomic E-state index is -1.64. The van der Waals surface area contributed by atoms with Crippen LogP contribution in [0.3, 0.4) is 0 Å². The van der Waals surface area contributed by atoms with E-state index in [2.05, 4.69) is 0 Å². The second kappa shape index (κ2) is 17.8. The van der Waals surface area contributed by atoms with Gasteiger partial charge in [-0.15, -0.1) is 0 Å². The Hall–Kier alpha value is -4.10. The molecule has 0 saturated carbocycles. The normalized spacial score (nSPS) is 24.8. The van der Waals surface area contributed by atoms with E-state index >= 15 is 0 Å². The van der Waals surface area contributed by atoms with Crippen LogP contribution in [0.15, 0.2) is 42.5 Å². The standard InChI is InChI=1S/C37H48O16/c1-46-24-12-19(7-8-23(24)41)30(42)28(15-39)51-36-26(48-3)13-20(14-27(36)49-4)34-22(17-50-37-33(45)32(44)31(43)29(16-40)52-37)21-10-18(6-5-9-38)11-25(47-2)35(21)53-34/h7-8,10-14,22,28-34,37-45H,5-6,9,15-17H2,1-4H3/t22-,28-,29+,30-,31+,32-,33+,34+,37+/m0/s1. The molecule has 2 aliphatic heterocycles. The van der Waals surface area contributed by atoms with Crippen LogP contribution in [-0.4, -0.2) is 133 Å². The number of aryl methyl sites for hydroxylation is 1. The van der Waals surface area contributed by atoms with Crippen LogP contribution in [-0.2, 0) is 15.9 Å². The fourth-order valence-corrected chi connectivity index (χ4v) is 6.54. The average Bonchev–Trinajstić information content (AvgIpc) is 3.55. The van der Waals surface area contributed by atoms with Crippen LogP contribution in [0.25, 0.3) is 0 Å². The van der Waals surface area contributed by atoms with Gasteiger partial charge in [0, 0.05) is 17.7 Å². The Morgan fingerprint density at radius 1 is 0.792 bits per heavy atom. The number of benzene rings is 3. The lowest BCUT2D eigenvalue weighted by Crippen LogP contribution is -2.59. The Bertz CT molecular complexity index is 1640. The van der Waals surface area contributed by atoms with Gasteiger partial charge in [-0.2, -0.15) is 0 Å². The van der Waals surface area contributed by atoms with Gasteiger partial charge in [0.05, 0.1) is 54.2 Å². The molecule has 0 aromatic heterocycles. The maximum atomic E-state index is 11.2. The first-order chi connectivity index (χ1) is 25.5. The summed E-state index contributed by atoms with van der Waals surface area (Å²) >= 11 is 0. The van der Waals surface area contributed by atoms with Crippen molar-refractivity contribution in [3.63, 3.8) is 0 Å². The maximum absolute atomic E-state index is 11.2. The highest BCUT2D eigenvalue weighted by atomic mass is 16.7. The Kier molecular flexibility index (Phi) is 13.5. The van der Waals surface area contributed by atoms with Crippen LogP contribution in [0.5, 0.6) is 40.2 Å². The minimum Gasteiger partial charge on any atom is -0.504 e. The van der Waals surface area contributed by atoms with Crippen molar-refractivity contribution in [3.05, 3.63) is 64.7 Å². The predicted molar refractivity (Wildman–Crippen MR) is 185 cm³/mol. The number of phenols is 1. The number of phenolic OH excluding ortho intramolecular Hbond substituents is 1. The number of rotatable bonds is 17. The smallest absolute Gasteiger partial charge is 0.204 e. The molecule has 8 N–H and O–H groups in total. The summed E-state index contributed by atoms with van der Waals surface area (Å²) in [6.07, 6.45) is -9.78. The predicted octanol–water partition coefficient (Wildman–Crippen LogP) is 0.859. The van der Waals surface area contributed by atoms with E-state index in [0.29, 0.717) is 41.0 Å². The molecular formula is C37H48O16. The van der Waals surface area contributed by atoms with Crippen molar-refractivity contribution in [2.24, 2.45) is 0 Å². The van der Waals surface area contributed by atoms with E-state index in [1.165, 1.54) is 46.6 Å². The molecule has 3 aromatic carbocycles. The van der Waals surface area contributed by atoms with E-state index in [4.69, 9.17) is 37.9 Å². The zero-order valence-electron chi connectivity index (χ0n) is 29.8. The number of methoxy groups -OCH3 is 4. The summed E-state index contributed by atoms with van der Waals surface area (Å²) in [5, 5.41) is 82.0. The van der Waals surface area contributed by atoms with E-state index < -0.39 is 68.1 Å². The first-order valence-corrected chi connectivity index (χ1v) is 17.0. The van der Waals surface area contributed by atoms with Gasteiger partial charge >= 0.3 is 0 Å². The third-order valence-corrected chi connectivity index (χ3v) is 9.44. The molecule has 16 heteroatoms. The number of aromatic hydroxyl groups is 1. The molecule has 1 fully saturated rings. The molecule has 2 aliphatic rings. The highest BCUT2D eigenvalue weighted by Crippen LogP contribution is 2.53. The molecule has 0 spiro atoms. The first kappa shape index (κ1) is 40.1. The lowest BCUT2D eigenvalue weighted by Gasteiger charge is -2.40. The van der Waals surface area contributed by atoms with Crippen LogP contribution in [0.1, 0.15) is 46.8 Å². The molecule has 0 unspecified atom stereocenters. The molecule has 292 valence electrons. The number of hydrogen-bond donors (Lipinski definition) is 8. The molecule has 0 radical (unpaired) electrons. The molecule has 53 heavy (non-hydrogen) atoms. The van der Waals surface area contributed by atoms with Crippen molar-refractivity contribution in [2.45, 2.75) is 67.8 Å². The SMILES string of the molecule is COc1cc([C@H](O)[C@H](CO)Oc2c(OC)cc([C@H]3Oc4c(OC)cc(CCCO)cc4[C@@H]3CO[C@@H]3O[C@H](CO)[C@@H](O)[C@H](O)[C@H]3O)cc2OC)ccc1O. The van der Waals surface area contributed by atoms with Crippen molar-refractivity contribution < 1.29 is 78.7 Å². The van der Waals surface area contributed by atoms with Crippen LogP contribution in [0.2, 0.25) is 0 Å². The van der Waals surface area contributed by atoms with E-state index in [-0.39, 0.29) is 42.0 Å². The third kappa shape index (κ3) is 8.36. The second-order valence-electron chi connectivity index (χ2n) is 12.7. The van der Waals surface area contributed by atoms with Crippen LogP contribution >= 0.6 is 0 Å². The lowest BCUT2D eigenvalue weighted by molar-refractivity contribution is -0.302. The molecule has 16 nitrogen and oxygen atoms in total. The molecule has 1 saturated heterocycles. The number of ether oxygens (including phenoxy) is 8. The van der Waals surface area contributed by atoms with Crippen molar-refractivity contribution in [1.82, 2.24) is 0 Å². The minimum absolute atomic E-state index is 0.0204. The molecule has 2 heterocycles. The van der Waals surface area contributed by atoms with E-state index in [1.807, 2.05) is 12.1 Å². The number of fused-ring (bicyclic) bond motifs is 1. The Morgan fingerprint density at radius 3 is 2.08 bits per heavy atom. The molecule has 0 aliphatic carbocycles. The van der Waals surface area contributed by atoms with E-state index in [1.54, 1.807) is 12.1 Å². The largest absolute Gasteiger partial charge is 0.504 e. The van der Waals surface area contributed by atoms with Gasteiger partial charge in [0.1, 0.15) is 36.6 Å². The maximum Gasteiger partial charge on any atom is 0.204 e. The van der Waals surface area contributed by atoms with Gasteiger partial charge in [0.15, 0.2) is 46.9 Å². The summed E-state index contributed by atoms with van der Waals surface area (Å²) in [7, 11) is 5.68. The Labute approximate surface area is 306 Å². The van der Waals surface area contributed by atoms with Crippen molar-refractivity contribution in [1.29, 1.82) is 0 Å². The van der Waals surface area contributed by atoms with Crippen LogP contribution in [0, 0.1) is 0 Å². The van der Waals surface area contributed by atoms with Crippen molar-refractivity contribution in [2.75, 3.05) is 54.9 Å².